The SMILES string of the molecule is COC(=O)NCCc1ccc2c(c1)CCC(=O)N2C. The van der Waals surface area contributed by atoms with Gasteiger partial charge in [-0.2, -0.15) is 0 Å². The lowest BCUT2D eigenvalue weighted by atomic mass is 9.98. The minimum atomic E-state index is -0.414. The van der Waals surface area contributed by atoms with E-state index in [1.165, 1.54) is 12.7 Å². The van der Waals surface area contributed by atoms with E-state index in [0.717, 1.165) is 24.1 Å². The van der Waals surface area contributed by atoms with Crippen molar-refractivity contribution in [2.75, 3.05) is 25.6 Å². The molecule has 5 nitrogen and oxygen atoms in total. The van der Waals surface area contributed by atoms with E-state index in [2.05, 4.69) is 16.1 Å². The van der Waals surface area contributed by atoms with Gasteiger partial charge in [0.1, 0.15) is 0 Å². The topological polar surface area (TPSA) is 58.6 Å². The summed E-state index contributed by atoms with van der Waals surface area (Å²) in [5.41, 5.74) is 3.33. The number of ether oxygens (including phenoxy) is 1. The van der Waals surface area contributed by atoms with E-state index in [1.54, 1.807) is 11.9 Å². The number of rotatable bonds is 3. The first kappa shape index (κ1) is 13.4. The van der Waals surface area contributed by atoms with Crippen LogP contribution < -0.4 is 10.2 Å². The van der Waals surface area contributed by atoms with Crippen LogP contribution in [0, 0.1) is 0 Å². The Morgan fingerprint density at radius 3 is 2.95 bits per heavy atom. The van der Waals surface area contributed by atoms with E-state index in [-0.39, 0.29) is 5.91 Å². The van der Waals surface area contributed by atoms with Crippen LogP contribution in [0.25, 0.3) is 0 Å². The van der Waals surface area contributed by atoms with Gasteiger partial charge in [-0.1, -0.05) is 12.1 Å². The molecule has 0 aliphatic carbocycles. The van der Waals surface area contributed by atoms with Crippen LogP contribution in [0.5, 0.6) is 0 Å². The molecular formula is C14H18N2O3. The monoisotopic (exact) mass is 262 g/mol. The molecule has 1 heterocycles. The molecule has 0 radical (unpaired) electrons. The first-order valence-corrected chi connectivity index (χ1v) is 6.32. The molecule has 102 valence electrons. The Labute approximate surface area is 112 Å². The predicted molar refractivity (Wildman–Crippen MR) is 72.3 cm³/mol. The van der Waals surface area contributed by atoms with Gasteiger partial charge in [0, 0.05) is 25.7 Å². The van der Waals surface area contributed by atoms with Gasteiger partial charge >= 0.3 is 6.09 Å². The maximum Gasteiger partial charge on any atom is 0.406 e. The van der Waals surface area contributed by atoms with Crippen LogP contribution in [0.2, 0.25) is 0 Å². The number of nitrogens with one attached hydrogen (secondary N) is 1. The summed E-state index contributed by atoms with van der Waals surface area (Å²) < 4.78 is 4.51. The lowest BCUT2D eigenvalue weighted by Gasteiger charge is -2.26. The van der Waals surface area contributed by atoms with Crippen molar-refractivity contribution >= 4 is 17.7 Å². The van der Waals surface area contributed by atoms with Gasteiger partial charge in [0.05, 0.1) is 7.11 Å². The average Bonchev–Trinajstić information content (AvgIpc) is 2.43. The fraction of sp³-hybridized carbons (Fsp3) is 0.429. The number of methoxy groups -OCH3 is 1. The van der Waals surface area contributed by atoms with E-state index < -0.39 is 6.09 Å². The highest BCUT2D eigenvalue weighted by Crippen LogP contribution is 2.27. The number of alkyl carbamates (subject to hydrolysis) is 1. The van der Waals surface area contributed by atoms with Gasteiger partial charge in [-0.05, 0) is 30.0 Å². The van der Waals surface area contributed by atoms with E-state index >= 15 is 0 Å². The summed E-state index contributed by atoms with van der Waals surface area (Å²) in [7, 11) is 3.15. The summed E-state index contributed by atoms with van der Waals surface area (Å²) in [5.74, 6) is 0.160. The minimum absolute atomic E-state index is 0.160. The van der Waals surface area contributed by atoms with Crippen molar-refractivity contribution in [3.63, 3.8) is 0 Å². The van der Waals surface area contributed by atoms with E-state index in [1.807, 2.05) is 12.1 Å². The predicted octanol–water partition coefficient (Wildman–Crippen LogP) is 1.49. The van der Waals surface area contributed by atoms with Gasteiger partial charge < -0.3 is 15.0 Å². The molecule has 0 aromatic heterocycles. The van der Waals surface area contributed by atoms with Crippen LogP contribution in [0.4, 0.5) is 10.5 Å². The normalized spacial score (nSPS) is 14.0. The second kappa shape index (κ2) is 5.73. The summed E-state index contributed by atoms with van der Waals surface area (Å²) in [6, 6.07) is 6.07. The summed E-state index contributed by atoms with van der Waals surface area (Å²) in [4.78, 5) is 24.2. The maximum absolute atomic E-state index is 11.6. The Hall–Kier alpha value is -2.04. The smallest absolute Gasteiger partial charge is 0.406 e. The largest absolute Gasteiger partial charge is 0.453 e. The van der Waals surface area contributed by atoms with Gasteiger partial charge in [-0.15, -0.1) is 0 Å². The Bertz CT molecular complexity index is 499. The van der Waals surface area contributed by atoms with Gasteiger partial charge in [-0.3, -0.25) is 4.79 Å². The molecule has 2 rings (SSSR count). The molecule has 1 aliphatic rings. The molecule has 19 heavy (non-hydrogen) atoms. The number of fused-ring (bicyclic) bond motifs is 1. The highest BCUT2D eigenvalue weighted by molar-refractivity contribution is 5.95. The van der Waals surface area contributed by atoms with Gasteiger partial charge in [0.2, 0.25) is 5.91 Å². The number of hydrogen-bond acceptors (Lipinski definition) is 3. The van der Waals surface area contributed by atoms with Crippen molar-refractivity contribution in [1.29, 1.82) is 0 Å². The van der Waals surface area contributed by atoms with Gasteiger partial charge in [0.25, 0.3) is 0 Å². The van der Waals surface area contributed by atoms with Crippen molar-refractivity contribution in [3.8, 4) is 0 Å². The van der Waals surface area contributed by atoms with Crippen molar-refractivity contribution in [2.45, 2.75) is 19.3 Å². The highest BCUT2D eigenvalue weighted by atomic mass is 16.5. The maximum atomic E-state index is 11.6. The molecule has 0 bridgehead atoms. The molecule has 5 heteroatoms. The lowest BCUT2D eigenvalue weighted by molar-refractivity contribution is -0.118. The third-order valence-corrected chi connectivity index (χ3v) is 3.36. The molecule has 1 aromatic rings. The van der Waals surface area contributed by atoms with E-state index in [9.17, 15) is 9.59 Å². The van der Waals surface area contributed by atoms with Gasteiger partial charge in [-0.25, -0.2) is 4.79 Å². The number of benzene rings is 1. The third-order valence-electron chi connectivity index (χ3n) is 3.36. The van der Waals surface area contributed by atoms with Crippen LogP contribution in [0.3, 0.4) is 0 Å². The second-order valence-corrected chi connectivity index (χ2v) is 4.58. The molecule has 0 atom stereocenters. The summed E-state index contributed by atoms with van der Waals surface area (Å²) >= 11 is 0. The number of carbonyl (C=O) groups is 2. The molecule has 0 saturated carbocycles. The standard InChI is InChI=1S/C14H18N2O3/c1-16-12-5-3-10(7-8-15-14(18)19-2)9-11(12)4-6-13(16)17/h3,5,9H,4,6-8H2,1-2H3,(H,15,18). The van der Waals surface area contributed by atoms with Crippen molar-refractivity contribution in [3.05, 3.63) is 29.3 Å². The fourth-order valence-corrected chi connectivity index (χ4v) is 2.25. The van der Waals surface area contributed by atoms with Crippen LogP contribution in [-0.2, 0) is 22.4 Å². The molecule has 1 aromatic carbocycles. The minimum Gasteiger partial charge on any atom is -0.453 e. The quantitative estimate of drug-likeness (QED) is 0.898. The average molecular weight is 262 g/mol. The van der Waals surface area contributed by atoms with Crippen molar-refractivity contribution in [1.82, 2.24) is 5.32 Å². The molecule has 2 amide bonds. The van der Waals surface area contributed by atoms with Crippen LogP contribution in [0.1, 0.15) is 17.5 Å². The van der Waals surface area contributed by atoms with Crippen molar-refractivity contribution in [2.24, 2.45) is 0 Å². The number of hydrogen-bond donors (Lipinski definition) is 1. The molecule has 0 spiro atoms. The molecule has 1 N–H and O–H groups in total. The number of carbonyl (C=O) groups excluding carboxylic acids is 2. The zero-order valence-electron chi connectivity index (χ0n) is 11.2. The Morgan fingerprint density at radius 2 is 2.21 bits per heavy atom. The third kappa shape index (κ3) is 3.05. The summed E-state index contributed by atoms with van der Waals surface area (Å²) in [6.45, 7) is 0.542. The zero-order chi connectivity index (χ0) is 13.8. The fourth-order valence-electron chi connectivity index (χ4n) is 2.25. The number of nitrogens with zero attached hydrogens (tertiary/aromatic N) is 1. The number of amides is 2. The van der Waals surface area contributed by atoms with Crippen molar-refractivity contribution < 1.29 is 14.3 Å². The first-order valence-electron chi connectivity index (χ1n) is 6.32. The summed E-state index contributed by atoms with van der Waals surface area (Å²) in [5, 5.41) is 2.65. The Morgan fingerprint density at radius 1 is 1.42 bits per heavy atom. The van der Waals surface area contributed by atoms with Gasteiger partial charge in [0.15, 0.2) is 0 Å². The van der Waals surface area contributed by atoms with Crippen LogP contribution >= 0.6 is 0 Å². The van der Waals surface area contributed by atoms with E-state index in [0.29, 0.717) is 13.0 Å². The molecule has 0 saturated heterocycles. The van der Waals surface area contributed by atoms with E-state index in [4.69, 9.17) is 0 Å². The number of aryl methyl sites for hydroxylation is 1. The first-order chi connectivity index (χ1) is 9.11. The molecular weight excluding hydrogens is 244 g/mol. The molecule has 1 aliphatic heterocycles. The zero-order valence-corrected chi connectivity index (χ0v) is 11.2. The molecule has 0 unspecified atom stereocenters. The second-order valence-electron chi connectivity index (χ2n) is 4.58. The van der Waals surface area contributed by atoms with Crippen LogP contribution in [-0.4, -0.2) is 32.7 Å². The Balaban J connectivity index is 2.01. The van der Waals surface area contributed by atoms with Crippen LogP contribution in [0.15, 0.2) is 18.2 Å². The number of anilines is 1. The molecule has 0 fully saturated rings. The summed E-state index contributed by atoms with van der Waals surface area (Å²) in [6.07, 6.45) is 1.69. The lowest BCUT2D eigenvalue weighted by Crippen LogP contribution is -2.31. The highest BCUT2D eigenvalue weighted by Gasteiger charge is 2.20. The Kier molecular flexibility index (Phi) is 4.04.